The van der Waals surface area contributed by atoms with E-state index in [-0.39, 0.29) is 0 Å². The number of anilines is 1. The Kier molecular flexibility index (Phi) is 3.30. The third-order valence-corrected chi connectivity index (χ3v) is 3.80. The van der Waals surface area contributed by atoms with Gasteiger partial charge in [-0.3, -0.25) is 4.21 Å². The van der Waals surface area contributed by atoms with Crippen molar-refractivity contribution in [1.29, 1.82) is 0 Å². The SMILES string of the molecule is O=S1CCCN(c2cccc(F)n2)CC1. The highest BCUT2D eigenvalue weighted by atomic mass is 32.2. The molecular formula is C10H13FN2OS. The third kappa shape index (κ3) is 2.75. The van der Waals surface area contributed by atoms with Crippen LogP contribution in [0.25, 0.3) is 0 Å². The molecule has 1 saturated heterocycles. The van der Waals surface area contributed by atoms with Crippen LogP contribution in [-0.4, -0.2) is 33.8 Å². The molecule has 0 N–H and O–H groups in total. The van der Waals surface area contributed by atoms with Crippen LogP contribution in [0.4, 0.5) is 10.2 Å². The van der Waals surface area contributed by atoms with E-state index in [2.05, 4.69) is 4.98 Å². The largest absolute Gasteiger partial charge is 0.356 e. The quantitative estimate of drug-likeness (QED) is 0.677. The Hall–Kier alpha value is -0.970. The smallest absolute Gasteiger partial charge is 0.214 e. The molecule has 0 amide bonds. The highest BCUT2D eigenvalue weighted by molar-refractivity contribution is 7.85. The topological polar surface area (TPSA) is 33.2 Å². The van der Waals surface area contributed by atoms with Crippen LogP contribution in [0.2, 0.25) is 0 Å². The van der Waals surface area contributed by atoms with Crippen LogP contribution in [0.3, 0.4) is 0 Å². The fraction of sp³-hybridized carbons (Fsp3) is 0.500. The van der Waals surface area contributed by atoms with Crippen molar-refractivity contribution in [2.45, 2.75) is 6.42 Å². The predicted molar refractivity (Wildman–Crippen MR) is 58.9 cm³/mol. The molecule has 1 fully saturated rings. The van der Waals surface area contributed by atoms with Crippen LogP contribution < -0.4 is 4.90 Å². The van der Waals surface area contributed by atoms with Crippen molar-refractivity contribution in [3.63, 3.8) is 0 Å². The Morgan fingerprint density at radius 3 is 3.00 bits per heavy atom. The maximum absolute atomic E-state index is 12.9. The van der Waals surface area contributed by atoms with Gasteiger partial charge in [0.1, 0.15) is 5.82 Å². The van der Waals surface area contributed by atoms with E-state index in [1.165, 1.54) is 6.07 Å². The van der Waals surface area contributed by atoms with Gasteiger partial charge < -0.3 is 4.90 Å². The average Bonchev–Trinajstić information content (AvgIpc) is 2.43. The summed E-state index contributed by atoms with van der Waals surface area (Å²) in [7, 11) is -0.721. The lowest BCUT2D eigenvalue weighted by molar-refractivity contribution is 0.581. The van der Waals surface area contributed by atoms with E-state index in [0.29, 0.717) is 18.1 Å². The molecule has 1 aliphatic heterocycles. The molecule has 0 spiro atoms. The summed E-state index contributed by atoms with van der Waals surface area (Å²) in [6, 6.07) is 4.77. The second-order valence-electron chi connectivity index (χ2n) is 3.51. The zero-order valence-corrected chi connectivity index (χ0v) is 9.17. The van der Waals surface area contributed by atoms with Crippen molar-refractivity contribution in [2.75, 3.05) is 29.5 Å². The number of hydrogen-bond acceptors (Lipinski definition) is 3. The molecule has 1 unspecified atom stereocenters. The van der Waals surface area contributed by atoms with E-state index in [1.807, 2.05) is 4.90 Å². The minimum atomic E-state index is -0.721. The first kappa shape index (κ1) is 10.5. The molecule has 1 aromatic heterocycles. The fourth-order valence-electron chi connectivity index (χ4n) is 1.65. The lowest BCUT2D eigenvalue weighted by Crippen LogP contribution is -2.27. The molecule has 2 heterocycles. The van der Waals surface area contributed by atoms with Crippen molar-refractivity contribution >= 4 is 16.6 Å². The van der Waals surface area contributed by atoms with Crippen LogP contribution in [0.15, 0.2) is 18.2 Å². The molecule has 15 heavy (non-hydrogen) atoms. The van der Waals surface area contributed by atoms with E-state index in [0.717, 1.165) is 18.7 Å². The number of nitrogens with zero attached hydrogens (tertiary/aromatic N) is 2. The van der Waals surface area contributed by atoms with Gasteiger partial charge in [-0.2, -0.15) is 4.39 Å². The molecule has 1 atom stereocenters. The molecule has 0 radical (unpaired) electrons. The minimum absolute atomic E-state index is 0.460. The number of halogens is 1. The van der Waals surface area contributed by atoms with Gasteiger partial charge in [0, 0.05) is 35.4 Å². The summed E-state index contributed by atoms with van der Waals surface area (Å²) in [5, 5.41) is 0. The summed E-state index contributed by atoms with van der Waals surface area (Å²) in [6.45, 7) is 1.51. The summed E-state index contributed by atoms with van der Waals surface area (Å²) in [6.07, 6.45) is 0.880. The molecule has 0 aliphatic carbocycles. The first-order chi connectivity index (χ1) is 7.25. The summed E-state index contributed by atoms with van der Waals surface area (Å²) in [4.78, 5) is 5.82. The van der Waals surface area contributed by atoms with Crippen LogP contribution in [-0.2, 0) is 10.8 Å². The van der Waals surface area contributed by atoms with Crippen molar-refractivity contribution in [3.8, 4) is 0 Å². The number of pyridine rings is 1. The fourth-order valence-corrected chi connectivity index (χ4v) is 2.72. The van der Waals surface area contributed by atoms with Gasteiger partial charge in [-0.05, 0) is 18.6 Å². The monoisotopic (exact) mass is 228 g/mol. The minimum Gasteiger partial charge on any atom is -0.356 e. The lowest BCUT2D eigenvalue weighted by Gasteiger charge is -2.20. The van der Waals surface area contributed by atoms with Gasteiger partial charge in [0.25, 0.3) is 0 Å². The summed E-state index contributed by atoms with van der Waals surface area (Å²) in [5.74, 6) is 1.58. The average molecular weight is 228 g/mol. The van der Waals surface area contributed by atoms with E-state index in [4.69, 9.17) is 0 Å². The highest BCUT2D eigenvalue weighted by Crippen LogP contribution is 2.13. The van der Waals surface area contributed by atoms with Crippen molar-refractivity contribution in [1.82, 2.24) is 4.98 Å². The molecule has 1 aliphatic rings. The number of hydrogen-bond donors (Lipinski definition) is 0. The van der Waals surface area contributed by atoms with Crippen LogP contribution >= 0.6 is 0 Å². The Balaban J connectivity index is 2.13. The van der Waals surface area contributed by atoms with Gasteiger partial charge in [0.05, 0.1) is 0 Å². The first-order valence-corrected chi connectivity index (χ1v) is 6.47. The predicted octanol–water partition coefficient (Wildman–Crippen LogP) is 1.18. The second-order valence-corrected chi connectivity index (χ2v) is 5.20. The van der Waals surface area contributed by atoms with Gasteiger partial charge >= 0.3 is 0 Å². The van der Waals surface area contributed by atoms with Crippen molar-refractivity contribution in [3.05, 3.63) is 24.1 Å². The molecule has 0 aromatic carbocycles. The van der Waals surface area contributed by atoms with Crippen molar-refractivity contribution < 1.29 is 8.60 Å². The Bertz CT molecular complexity index is 372. The van der Waals surface area contributed by atoms with Gasteiger partial charge in [0.15, 0.2) is 0 Å². The molecule has 2 rings (SSSR count). The zero-order chi connectivity index (χ0) is 10.7. The van der Waals surface area contributed by atoms with Gasteiger partial charge in [0.2, 0.25) is 5.95 Å². The third-order valence-electron chi connectivity index (χ3n) is 2.41. The molecule has 82 valence electrons. The summed E-state index contributed by atoms with van der Waals surface area (Å²) in [5.41, 5.74) is 0. The maximum Gasteiger partial charge on any atom is 0.214 e. The second kappa shape index (κ2) is 4.70. The van der Waals surface area contributed by atoms with Crippen LogP contribution in [0.5, 0.6) is 0 Å². The molecular weight excluding hydrogens is 215 g/mol. The zero-order valence-electron chi connectivity index (χ0n) is 8.36. The normalized spacial score (nSPS) is 22.5. The van der Waals surface area contributed by atoms with Crippen molar-refractivity contribution in [2.24, 2.45) is 0 Å². The van der Waals surface area contributed by atoms with Crippen LogP contribution in [0.1, 0.15) is 6.42 Å². The van der Waals surface area contributed by atoms with Gasteiger partial charge in [-0.25, -0.2) is 4.98 Å². The number of aromatic nitrogens is 1. The van der Waals surface area contributed by atoms with E-state index < -0.39 is 16.7 Å². The lowest BCUT2D eigenvalue weighted by atomic mass is 10.3. The first-order valence-electron chi connectivity index (χ1n) is 4.98. The molecule has 1 aromatic rings. The summed E-state index contributed by atoms with van der Waals surface area (Å²) >= 11 is 0. The highest BCUT2D eigenvalue weighted by Gasteiger charge is 2.14. The molecule has 3 nitrogen and oxygen atoms in total. The van der Waals surface area contributed by atoms with Gasteiger partial charge in [-0.1, -0.05) is 6.07 Å². The standard InChI is InChI=1S/C10H13FN2OS/c11-9-3-1-4-10(12-9)13-5-2-7-15(14)8-6-13/h1,3-4H,2,5-8H2. The van der Waals surface area contributed by atoms with Gasteiger partial charge in [-0.15, -0.1) is 0 Å². The maximum atomic E-state index is 12.9. The molecule has 0 saturated carbocycles. The Morgan fingerprint density at radius 2 is 2.20 bits per heavy atom. The number of rotatable bonds is 1. The van der Waals surface area contributed by atoms with E-state index in [1.54, 1.807) is 12.1 Å². The van der Waals surface area contributed by atoms with Crippen LogP contribution in [0, 0.1) is 5.95 Å². The summed E-state index contributed by atoms with van der Waals surface area (Å²) < 4.78 is 24.2. The van der Waals surface area contributed by atoms with E-state index >= 15 is 0 Å². The Morgan fingerprint density at radius 1 is 1.33 bits per heavy atom. The Labute approximate surface area is 90.8 Å². The molecule has 5 heteroatoms. The van der Waals surface area contributed by atoms with E-state index in [9.17, 15) is 8.60 Å². The molecule has 0 bridgehead atoms.